The predicted molar refractivity (Wildman–Crippen MR) is 71.1 cm³/mol. The normalized spacial score (nSPS) is 22.4. The molecule has 1 fully saturated rings. The van der Waals surface area contributed by atoms with E-state index in [-0.39, 0.29) is 22.5 Å². The summed E-state index contributed by atoms with van der Waals surface area (Å²) in [7, 11) is 0. The number of thiazole rings is 1. The second kappa shape index (κ2) is 5.66. The quantitative estimate of drug-likeness (QED) is 0.803. The number of ether oxygens (including phenoxy) is 1. The van der Waals surface area contributed by atoms with Gasteiger partial charge in [-0.05, 0) is 13.3 Å². The molecular formula is C12H16N2O4S. The van der Waals surface area contributed by atoms with E-state index < -0.39 is 5.97 Å². The molecule has 0 bridgehead atoms. The van der Waals surface area contributed by atoms with Crippen LogP contribution in [-0.2, 0) is 4.74 Å². The highest BCUT2D eigenvalue weighted by atomic mass is 32.1. The number of carboxylic acids is 1. The van der Waals surface area contributed by atoms with E-state index in [1.807, 2.05) is 6.92 Å². The molecule has 1 saturated heterocycles. The Hall–Kier alpha value is -1.47. The van der Waals surface area contributed by atoms with Crippen LogP contribution in [0, 0.1) is 5.92 Å². The van der Waals surface area contributed by atoms with Crippen molar-refractivity contribution in [3.05, 3.63) is 10.6 Å². The first-order chi connectivity index (χ1) is 8.99. The molecule has 0 radical (unpaired) electrons. The van der Waals surface area contributed by atoms with Gasteiger partial charge in [-0.2, -0.15) is 0 Å². The number of rotatable bonds is 5. The molecule has 2 rings (SSSR count). The predicted octanol–water partition coefficient (Wildman–Crippen LogP) is 1.88. The van der Waals surface area contributed by atoms with E-state index in [2.05, 4.69) is 10.3 Å². The highest BCUT2D eigenvalue weighted by Crippen LogP contribution is 2.26. The van der Waals surface area contributed by atoms with Gasteiger partial charge in [-0.3, -0.25) is 4.79 Å². The Labute approximate surface area is 114 Å². The summed E-state index contributed by atoms with van der Waals surface area (Å²) in [6, 6.07) is 0. The summed E-state index contributed by atoms with van der Waals surface area (Å²) < 4.78 is 5.45. The van der Waals surface area contributed by atoms with E-state index in [9.17, 15) is 9.59 Å². The van der Waals surface area contributed by atoms with Crippen LogP contribution in [0.15, 0.2) is 0 Å². The second-order valence-electron chi connectivity index (χ2n) is 4.56. The monoisotopic (exact) mass is 284 g/mol. The lowest BCUT2D eigenvalue weighted by molar-refractivity contribution is 0.0687. The molecule has 2 unspecified atom stereocenters. The van der Waals surface area contributed by atoms with Crippen molar-refractivity contribution in [1.29, 1.82) is 0 Å². The van der Waals surface area contributed by atoms with Crippen LogP contribution in [0.3, 0.4) is 0 Å². The van der Waals surface area contributed by atoms with Crippen molar-refractivity contribution < 1.29 is 19.4 Å². The number of hydrogen-bond acceptors (Lipinski definition) is 6. The van der Waals surface area contributed by atoms with Gasteiger partial charge in [0.1, 0.15) is 4.88 Å². The van der Waals surface area contributed by atoms with Crippen LogP contribution < -0.4 is 5.32 Å². The molecule has 0 aromatic carbocycles. The number of Topliss-reactive ketones (excluding diaryl/α,β-unsaturated/α-hetero) is 1. The SMILES string of the molecule is CC(=O)c1sc(NCC2CCOC2C)nc1C(=O)O. The van der Waals surface area contributed by atoms with Crippen molar-refractivity contribution in [2.45, 2.75) is 26.4 Å². The third kappa shape index (κ3) is 3.10. The van der Waals surface area contributed by atoms with Crippen LogP contribution in [0.2, 0.25) is 0 Å². The molecule has 0 spiro atoms. The molecule has 0 amide bonds. The van der Waals surface area contributed by atoms with E-state index in [1.54, 1.807) is 0 Å². The molecule has 19 heavy (non-hydrogen) atoms. The molecular weight excluding hydrogens is 268 g/mol. The largest absolute Gasteiger partial charge is 0.476 e. The third-order valence-electron chi connectivity index (χ3n) is 3.20. The van der Waals surface area contributed by atoms with Gasteiger partial charge >= 0.3 is 5.97 Å². The minimum absolute atomic E-state index is 0.171. The van der Waals surface area contributed by atoms with Gasteiger partial charge in [0.2, 0.25) is 0 Å². The van der Waals surface area contributed by atoms with Gasteiger partial charge in [0.05, 0.1) is 6.10 Å². The van der Waals surface area contributed by atoms with Crippen LogP contribution >= 0.6 is 11.3 Å². The summed E-state index contributed by atoms with van der Waals surface area (Å²) in [6.45, 7) is 4.79. The fraction of sp³-hybridized carbons (Fsp3) is 0.583. The van der Waals surface area contributed by atoms with Crippen LogP contribution in [0.25, 0.3) is 0 Å². The maximum atomic E-state index is 11.4. The zero-order valence-electron chi connectivity index (χ0n) is 10.8. The van der Waals surface area contributed by atoms with Crippen LogP contribution in [0.5, 0.6) is 0 Å². The highest BCUT2D eigenvalue weighted by Gasteiger charge is 2.25. The Bertz CT molecular complexity index is 468. The van der Waals surface area contributed by atoms with Crippen molar-refractivity contribution in [1.82, 2.24) is 4.98 Å². The summed E-state index contributed by atoms with van der Waals surface area (Å²) in [4.78, 5) is 26.5. The number of aromatic nitrogens is 1. The fourth-order valence-electron chi connectivity index (χ4n) is 2.04. The van der Waals surface area contributed by atoms with Gasteiger partial charge in [-0.1, -0.05) is 11.3 Å². The first kappa shape index (κ1) is 14.0. The molecule has 2 N–H and O–H groups in total. The second-order valence-corrected chi connectivity index (χ2v) is 5.56. The van der Waals surface area contributed by atoms with Crippen molar-refractivity contribution in [3.8, 4) is 0 Å². The molecule has 6 nitrogen and oxygen atoms in total. The summed E-state index contributed by atoms with van der Waals surface area (Å²) in [6.07, 6.45) is 1.17. The Morgan fingerprint density at radius 3 is 2.79 bits per heavy atom. The number of carbonyl (C=O) groups is 2. The van der Waals surface area contributed by atoms with Gasteiger partial charge in [0.15, 0.2) is 16.6 Å². The molecule has 0 saturated carbocycles. The Kier molecular flexibility index (Phi) is 4.16. The number of hydrogen-bond donors (Lipinski definition) is 2. The zero-order valence-corrected chi connectivity index (χ0v) is 11.6. The van der Waals surface area contributed by atoms with Gasteiger partial charge in [0, 0.05) is 26.0 Å². The lowest BCUT2D eigenvalue weighted by Crippen LogP contribution is -2.20. The highest BCUT2D eigenvalue weighted by molar-refractivity contribution is 7.17. The first-order valence-corrected chi connectivity index (χ1v) is 6.91. The minimum atomic E-state index is -1.17. The van der Waals surface area contributed by atoms with Crippen LogP contribution in [-0.4, -0.2) is 41.1 Å². The van der Waals surface area contributed by atoms with E-state index in [0.717, 1.165) is 24.4 Å². The number of carboxylic acid groups (broad SMARTS) is 1. The van der Waals surface area contributed by atoms with Crippen molar-refractivity contribution in [3.63, 3.8) is 0 Å². The van der Waals surface area contributed by atoms with E-state index in [1.165, 1.54) is 6.92 Å². The van der Waals surface area contributed by atoms with Crippen molar-refractivity contribution in [2.24, 2.45) is 5.92 Å². The standard InChI is InChI=1S/C12H16N2O4S/c1-6(15)10-9(11(16)17)14-12(19-10)13-5-8-3-4-18-7(8)2/h7-8H,3-5H2,1-2H3,(H,13,14)(H,16,17). The third-order valence-corrected chi connectivity index (χ3v) is 4.31. The van der Waals surface area contributed by atoms with Crippen molar-refractivity contribution >= 4 is 28.2 Å². The summed E-state index contributed by atoms with van der Waals surface area (Å²) in [5, 5.41) is 12.6. The summed E-state index contributed by atoms with van der Waals surface area (Å²) >= 11 is 1.09. The van der Waals surface area contributed by atoms with E-state index in [0.29, 0.717) is 17.6 Å². The lowest BCUT2D eigenvalue weighted by atomic mass is 10.0. The first-order valence-electron chi connectivity index (χ1n) is 6.09. The molecule has 2 heterocycles. The topological polar surface area (TPSA) is 88.5 Å². The molecule has 1 aromatic heterocycles. The average molecular weight is 284 g/mol. The van der Waals surface area contributed by atoms with Gasteiger partial charge in [0.25, 0.3) is 0 Å². The number of nitrogens with zero attached hydrogens (tertiary/aromatic N) is 1. The molecule has 1 aliphatic heterocycles. The smallest absolute Gasteiger partial charge is 0.356 e. The van der Waals surface area contributed by atoms with Crippen LogP contribution in [0.1, 0.15) is 40.4 Å². The van der Waals surface area contributed by atoms with E-state index >= 15 is 0 Å². The fourth-order valence-corrected chi connectivity index (χ4v) is 2.90. The molecule has 1 aromatic rings. The number of aromatic carboxylic acids is 1. The molecule has 7 heteroatoms. The number of ketones is 1. The maximum Gasteiger partial charge on any atom is 0.356 e. The summed E-state index contributed by atoms with van der Waals surface area (Å²) in [5.74, 6) is -1.06. The summed E-state index contributed by atoms with van der Waals surface area (Å²) in [5.41, 5.74) is -0.171. The minimum Gasteiger partial charge on any atom is -0.476 e. The van der Waals surface area contributed by atoms with Crippen molar-refractivity contribution in [2.75, 3.05) is 18.5 Å². The number of carbonyl (C=O) groups excluding carboxylic acids is 1. The lowest BCUT2D eigenvalue weighted by Gasteiger charge is -2.13. The Morgan fingerprint density at radius 1 is 1.58 bits per heavy atom. The Balaban J connectivity index is 2.06. The molecule has 0 aliphatic carbocycles. The molecule has 1 aliphatic rings. The number of nitrogens with one attached hydrogen (secondary N) is 1. The van der Waals surface area contributed by atoms with E-state index in [4.69, 9.17) is 9.84 Å². The van der Waals surface area contributed by atoms with Gasteiger partial charge < -0.3 is 15.2 Å². The Morgan fingerprint density at radius 2 is 2.32 bits per heavy atom. The molecule has 104 valence electrons. The van der Waals surface area contributed by atoms with Gasteiger partial charge in [-0.25, -0.2) is 9.78 Å². The van der Waals surface area contributed by atoms with Gasteiger partial charge in [-0.15, -0.1) is 0 Å². The number of anilines is 1. The zero-order chi connectivity index (χ0) is 14.0. The van der Waals surface area contributed by atoms with Crippen LogP contribution in [0.4, 0.5) is 5.13 Å². The average Bonchev–Trinajstić information content (AvgIpc) is 2.92. The molecule has 2 atom stereocenters. The maximum absolute atomic E-state index is 11.4.